The van der Waals surface area contributed by atoms with Gasteiger partial charge in [-0.2, -0.15) is 0 Å². The summed E-state index contributed by atoms with van der Waals surface area (Å²) in [5.74, 6) is 0.589. The third-order valence-electron chi connectivity index (χ3n) is 1.83. The Morgan fingerprint density at radius 3 is 2.27 bits per heavy atom. The SMILES string of the molecule is C=C(C)/C=C\C(=C)C(C)CC. The molecule has 0 aliphatic rings. The Balaban J connectivity index is 3.96. The first-order valence-electron chi connectivity index (χ1n) is 4.10. The Labute approximate surface area is 70.3 Å². The molecule has 0 fully saturated rings. The van der Waals surface area contributed by atoms with Crippen molar-refractivity contribution in [3.63, 3.8) is 0 Å². The van der Waals surface area contributed by atoms with Crippen LogP contribution in [0.1, 0.15) is 27.2 Å². The zero-order valence-electron chi connectivity index (χ0n) is 7.85. The molecule has 1 unspecified atom stereocenters. The fourth-order valence-corrected chi connectivity index (χ4v) is 0.676. The van der Waals surface area contributed by atoms with E-state index < -0.39 is 0 Å². The molecule has 0 aromatic heterocycles. The maximum Gasteiger partial charge on any atom is -0.0199 e. The Kier molecular flexibility index (Phi) is 4.60. The molecule has 0 N–H and O–H groups in total. The zero-order valence-corrected chi connectivity index (χ0v) is 7.85. The van der Waals surface area contributed by atoms with Gasteiger partial charge in [0.2, 0.25) is 0 Å². The van der Waals surface area contributed by atoms with Crippen LogP contribution in [0.3, 0.4) is 0 Å². The lowest BCUT2D eigenvalue weighted by Crippen LogP contribution is -1.92. The van der Waals surface area contributed by atoms with Crippen molar-refractivity contribution in [2.45, 2.75) is 27.2 Å². The molecule has 0 nitrogen and oxygen atoms in total. The summed E-state index contributed by atoms with van der Waals surface area (Å²) in [5.41, 5.74) is 2.27. The van der Waals surface area contributed by atoms with Crippen molar-refractivity contribution in [1.82, 2.24) is 0 Å². The lowest BCUT2D eigenvalue weighted by Gasteiger charge is -2.06. The summed E-state index contributed by atoms with van der Waals surface area (Å²) in [5, 5.41) is 0. The average molecular weight is 150 g/mol. The molecule has 0 amide bonds. The molecule has 0 aliphatic heterocycles. The van der Waals surface area contributed by atoms with Gasteiger partial charge in [0.1, 0.15) is 0 Å². The predicted octanol–water partition coefficient (Wildman–Crippen LogP) is 3.72. The highest BCUT2D eigenvalue weighted by atomic mass is 14.0. The van der Waals surface area contributed by atoms with Gasteiger partial charge in [0.05, 0.1) is 0 Å². The molecule has 0 heterocycles. The molecule has 11 heavy (non-hydrogen) atoms. The number of allylic oxidation sites excluding steroid dienone is 4. The van der Waals surface area contributed by atoms with Crippen molar-refractivity contribution in [1.29, 1.82) is 0 Å². The van der Waals surface area contributed by atoms with Gasteiger partial charge in [-0.05, 0) is 19.3 Å². The van der Waals surface area contributed by atoms with Crippen LogP contribution in [0.5, 0.6) is 0 Å². The molecule has 0 aromatic rings. The third-order valence-corrected chi connectivity index (χ3v) is 1.83. The van der Waals surface area contributed by atoms with Crippen LogP contribution in [0.2, 0.25) is 0 Å². The van der Waals surface area contributed by atoms with Gasteiger partial charge >= 0.3 is 0 Å². The molecule has 0 heteroatoms. The fourth-order valence-electron chi connectivity index (χ4n) is 0.676. The first-order chi connectivity index (χ1) is 5.07. The summed E-state index contributed by atoms with van der Waals surface area (Å²) in [4.78, 5) is 0. The van der Waals surface area contributed by atoms with Crippen molar-refractivity contribution in [2.24, 2.45) is 5.92 Å². The molecule has 0 saturated carbocycles. The molecule has 0 rings (SSSR count). The largest absolute Gasteiger partial charge is 0.0961 e. The Morgan fingerprint density at radius 2 is 1.91 bits per heavy atom. The maximum atomic E-state index is 3.97. The van der Waals surface area contributed by atoms with E-state index in [9.17, 15) is 0 Å². The minimum atomic E-state index is 0.589. The van der Waals surface area contributed by atoms with Gasteiger partial charge in [0.15, 0.2) is 0 Å². The second-order valence-corrected chi connectivity index (χ2v) is 3.06. The first kappa shape index (κ1) is 10.2. The molecule has 0 bridgehead atoms. The van der Waals surface area contributed by atoms with Crippen molar-refractivity contribution in [3.05, 3.63) is 36.5 Å². The van der Waals surface area contributed by atoms with Crippen LogP contribution in [0, 0.1) is 5.92 Å². The Morgan fingerprint density at radius 1 is 1.36 bits per heavy atom. The normalized spacial score (nSPS) is 13.4. The molecule has 0 aliphatic carbocycles. The molecule has 62 valence electrons. The van der Waals surface area contributed by atoms with E-state index >= 15 is 0 Å². The number of hydrogen-bond donors (Lipinski definition) is 0. The number of rotatable bonds is 4. The van der Waals surface area contributed by atoms with Crippen molar-refractivity contribution >= 4 is 0 Å². The van der Waals surface area contributed by atoms with E-state index in [0.717, 1.165) is 12.0 Å². The van der Waals surface area contributed by atoms with Crippen LogP contribution < -0.4 is 0 Å². The molecule has 0 spiro atoms. The first-order valence-corrected chi connectivity index (χ1v) is 4.10. The van der Waals surface area contributed by atoms with E-state index in [-0.39, 0.29) is 0 Å². The van der Waals surface area contributed by atoms with Gasteiger partial charge in [0.25, 0.3) is 0 Å². The second-order valence-electron chi connectivity index (χ2n) is 3.06. The van der Waals surface area contributed by atoms with Crippen LogP contribution >= 0.6 is 0 Å². The molecule has 0 aromatic carbocycles. The molecule has 0 radical (unpaired) electrons. The lowest BCUT2D eigenvalue weighted by atomic mass is 9.99. The molecular weight excluding hydrogens is 132 g/mol. The molecule has 1 atom stereocenters. The molecule has 0 saturated heterocycles. The zero-order chi connectivity index (χ0) is 8.85. The highest BCUT2D eigenvalue weighted by Crippen LogP contribution is 2.13. The van der Waals surface area contributed by atoms with Gasteiger partial charge in [-0.25, -0.2) is 0 Å². The minimum absolute atomic E-state index is 0.589. The topological polar surface area (TPSA) is 0 Å². The van der Waals surface area contributed by atoms with Gasteiger partial charge < -0.3 is 0 Å². The van der Waals surface area contributed by atoms with Gasteiger partial charge in [-0.1, -0.05) is 50.3 Å². The van der Waals surface area contributed by atoms with Crippen molar-refractivity contribution in [2.75, 3.05) is 0 Å². The quantitative estimate of drug-likeness (QED) is 0.536. The van der Waals surface area contributed by atoms with Gasteiger partial charge in [-0.15, -0.1) is 0 Å². The van der Waals surface area contributed by atoms with E-state index in [2.05, 4.69) is 33.1 Å². The molecular formula is C11H18. The highest BCUT2D eigenvalue weighted by molar-refractivity contribution is 5.24. The summed E-state index contributed by atoms with van der Waals surface area (Å²) in [6, 6.07) is 0. The van der Waals surface area contributed by atoms with E-state index in [1.807, 2.05) is 13.0 Å². The average Bonchev–Trinajstić information content (AvgIpc) is 1.98. The van der Waals surface area contributed by atoms with Gasteiger partial charge in [-0.3, -0.25) is 0 Å². The standard InChI is InChI=1S/C11H18/c1-6-10(4)11(5)8-7-9(2)3/h7-8,10H,2,5-6H2,1,3-4H3/b8-7-. The third kappa shape index (κ3) is 4.60. The minimum Gasteiger partial charge on any atom is -0.0961 e. The smallest absolute Gasteiger partial charge is 0.0199 e. The Bertz CT molecular complexity index is 172. The van der Waals surface area contributed by atoms with Crippen molar-refractivity contribution < 1.29 is 0 Å². The maximum absolute atomic E-state index is 3.97. The monoisotopic (exact) mass is 150 g/mol. The van der Waals surface area contributed by atoms with E-state index in [1.54, 1.807) is 0 Å². The fraction of sp³-hybridized carbons (Fsp3) is 0.455. The van der Waals surface area contributed by atoms with Crippen LogP contribution in [-0.2, 0) is 0 Å². The van der Waals surface area contributed by atoms with Crippen LogP contribution in [-0.4, -0.2) is 0 Å². The lowest BCUT2D eigenvalue weighted by molar-refractivity contribution is 0.672. The van der Waals surface area contributed by atoms with Crippen molar-refractivity contribution in [3.8, 4) is 0 Å². The highest BCUT2D eigenvalue weighted by Gasteiger charge is 1.98. The van der Waals surface area contributed by atoms with E-state index in [1.165, 1.54) is 5.57 Å². The van der Waals surface area contributed by atoms with Crippen LogP contribution in [0.15, 0.2) is 36.5 Å². The van der Waals surface area contributed by atoms with Crippen LogP contribution in [0.4, 0.5) is 0 Å². The van der Waals surface area contributed by atoms with E-state index in [4.69, 9.17) is 0 Å². The van der Waals surface area contributed by atoms with Gasteiger partial charge in [0, 0.05) is 0 Å². The predicted molar refractivity (Wildman–Crippen MR) is 52.5 cm³/mol. The summed E-state index contributed by atoms with van der Waals surface area (Å²) in [7, 11) is 0. The Hall–Kier alpha value is -0.780. The van der Waals surface area contributed by atoms with E-state index in [0.29, 0.717) is 5.92 Å². The summed E-state index contributed by atoms with van der Waals surface area (Å²) in [6.45, 7) is 14.1. The summed E-state index contributed by atoms with van der Waals surface area (Å²) < 4.78 is 0. The van der Waals surface area contributed by atoms with Crippen LogP contribution in [0.25, 0.3) is 0 Å². The number of hydrogen-bond acceptors (Lipinski definition) is 0. The summed E-state index contributed by atoms with van der Waals surface area (Å²) >= 11 is 0. The summed E-state index contributed by atoms with van der Waals surface area (Å²) in [6.07, 6.45) is 5.21. The second kappa shape index (κ2) is 4.95.